The molecule has 0 aliphatic carbocycles. The fourth-order valence-electron chi connectivity index (χ4n) is 3.48. The van der Waals surface area contributed by atoms with E-state index < -0.39 is 27.4 Å². The van der Waals surface area contributed by atoms with Crippen LogP contribution in [0.1, 0.15) is 38.7 Å². The summed E-state index contributed by atoms with van der Waals surface area (Å²) >= 11 is 5.88. The molecule has 0 amide bonds. The molecular weight excluding hydrogens is 486 g/mol. The number of rotatable bonds is 8. The van der Waals surface area contributed by atoms with E-state index in [0.717, 1.165) is 0 Å². The van der Waals surface area contributed by atoms with Crippen LogP contribution in [0.4, 0.5) is 5.95 Å². The molecule has 4 heterocycles. The molecule has 3 aromatic rings. The lowest BCUT2D eigenvalue weighted by atomic mass is 10.2. The number of aliphatic hydroxyl groups excluding tert-OH is 1. The average Bonchev–Trinajstić information content (AvgIpc) is 3.12. The number of fused-ring (bicyclic) bond motifs is 3. The third kappa shape index (κ3) is 4.82. The second-order valence-corrected chi connectivity index (χ2v) is 10.4. The molecule has 12 nitrogen and oxygen atoms in total. The lowest BCUT2D eigenvalue weighted by Gasteiger charge is -2.25. The van der Waals surface area contributed by atoms with Gasteiger partial charge >= 0.3 is 0 Å². The number of aromatic nitrogens is 6. The van der Waals surface area contributed by atoms with E-state index in [1.807, 2.05) is 0 Å². The molecule has 1 aliphatic heterocycles. The number of hydrogen-bond acceptors (Lipinski definition) is 10. The van der Waals surface area contributed by atoms with Crippen molar-refractivity contribution in [2.75, 3.05) is 17.9 Å². The van der Waals surface area contributed by atoms with Crippen molar-refractivity contribution in [1.82, 2.24) is 29.7 Å². The molecule has 0 radical (unpaired) electrons. The van der Waals surface area contributed by atoms with Crippen LogP contribution < -0.4 is 9.46 Å². The Balaban J connectivity index is 1.69. The maximum Gasteiger partial charge on any atom is 0.240 e. The topological polar surface area (TPSA) is 154 Å². The molecule has 0 saturated carbocycles. The summed E-state index contributed by atoms with van der Waals surface area (Å²) in [4.78, 5) is 12.5. The largest absolute Gasteiger partial charge is 0.475 e. The molecule has 182 valence electrons. The van der Waals surface area contributed by atoms with E-state index in [1.165, 1.54) is 23.9 Å². The fraction of sp³-hybridized carbons (Fsp3) is 0.450. The van der Waals surface area contributed by atoms with Crippen LogP contribution in [0.15, 0.2) is 30.7 Å². The highest BCUT2D eigenvalue weighted by molar-refractivity contribution is 7.93. The van der Waals surface area contributed by atoms with Gasteiger partial charge in [0, 0.05) is 18.6 Å². The molecule has 3 aromatic heterocycles. The number of aliphatic hydroxyl groups is 1. The van der Waals surface area contributed by atoms with E-state index in [4.69, 9.17) is 21.1 Å². The molecule has 14 heteroatoms. The number of anilines is 1. The number of sulfonamides is 1. The van der Waals surface area contributed by atoms with Gasteiger partial charge in [0.1, 0.15) is 18.0 Å². The van der Waals surface area contributed by atoms with Crippen molar-refractivity contribution >= 4 is 27.6 Å². The van der Waals surface area contributed by atoms with Crippen molar-refractivity contribution in [3.63, 3.8) is 0 Å². The van der Waals surface area contributed by atoms with Gasteiger partial charge in [-0.05, 0) is 32.9 Å². The molecule has 3 atom stereocenters. The second kappa shape index (κ2) is 9.78. The van der Waals surface area contributed by atoms with E-state index in [2.05, 4.69) is 29.9 Å². The van der Waals surface area contributed by atoms with Crippen LogP contribution in [0.25, 0.3) is 11.4 Å². The van der Waals surface area contributed by atoms with Gasteiger partial charge in [-0.1, -0.05) is 11.6 Å². The molecular formula is C20H24ClN7O5S. The molecule has 1 aliphatic rings. The van der Waals surface area contributed by atoms with Crippen molar-refractivity contribution in [2.45, 2.75) is 44.3 Å². The first kappa shape index (κ1) is 24.3. The first-order valence-corrected chi connectivity index (χ1v) is 12.4. The molecule has 2 N–H and O–H groups in total. The first-order chi connectivity index (χ1) is 16.2. The van der Waals surface area contributed by atoms with Crippen molar-refractivity contribution in [3.05, 3.63) is 41.6 Å². The molecule has 34 heavy (non-hydrogen) atoms. The quantitative estimate of drug-likeness (QED) is 0.460. The maximum absolute atomic E-state index is 13.4. The van der Waals surface area contributed by atoms with Crippen LogP contribution >= 0.6 is 11.6 Å². The fourth-order valence-corrected chi connectivity index (χ4v) is 4.67. The normalized spacial score (nSPS) is 17.3. The number of nitrogens with zero attached hydrogens (tertiary/aromatic N) is 6. The van der Waals surface area contributed by atoms with Gasteiger partial charge in [0.15, 0.2) is 11.6 Å². The molecule has 0 saturated heterocycles. The Labute approximate surface area is 201 Å². The van der Waals surface area contributed by atoms with Gasteiger partial charge < -0.3 is 14.6 Å². The van der Waals surface area contributed by atoms with E-state index in [1.54, 1.807) is 32.2 Å². The van der Waals surface area contributed by atoms with Gasteiger partial charge in [0.2, 0.25) is 21.9 Å². The number of hydrogen-bond donors (Lipinski definition) is 2. The predicted molar refractivity (Wildman–Crippen MR) is 123 cm³/mol. The third-order valence-electron chi connectivity index (χ3n) is 5.16. The summed E-state index contributed by atoms with van der Waals surface area (Å²) in [6.45, 7) is 4.77. The highest BCUT2D eigenvalue weighted by atomic mass is 35.5. The minimum atomic E-state index is -4.09. The lowest BCUT2D eigenvalue weighted by molar-refractivity contribution is 0.00154. The Hall–Kier alpha value is -2.87. The molecule has 4 rings (SSSR count). The van der Waals surface area contributed by atoms with Gasteiger partial charge in [-0.15, -0.1) is 10.2 Å². The smallest absolute Gasteiger partial charge is 0.240 e. The maximum atomic E-state index is 13.4. The van der Waals surface area contributed by atoms with E-state index in [9.17, 15) is 13.5 Å². The van der Waals surface area contributed by atoms with Gasteiger partial charge in [-0.25, -0.2) is 23.4 Å². The van der Waals surface area contributed by atoms with E-state index in [-0.39, 0.29) is 31.1 Å². The van der Waals surface area contributed by atoms with Gasteiger partial charge in [0.25, 0.3) is 0 Å². The highest BCUT2D eigenvalue weighted by Gasteiger charge is 2.37. The third-order valence-corrected chi connectivity index (χ3v) is 7.05. The summed E-state index contributed by atoms with van der Waals surface area (Å²) in [5.41, 5.74) is 0.528. The standard InChI is InChI=1S/C20H24ClN7O5S/c1-11(2)33-16(17-23-7-13(21)8-24-17)12(3)34(30,31)27-20-26-25-18-15-5-4-6-22-19(15)32-10-14(9-29)28(18)20/h4-8,11-12,14,16,29H,9-10H2,1-3H3,(H,26,27)/t12-,14-,16+/m0/s1. The van der Waals surface area contributed by atoms with Gasteiger partial charge in [-0.2, -0.15) is 0 Å². The van der Waals surface area contributed by atoms with Crippen LogP contribution in [0, 0.1) is 0 Å². The van der Waals surface area contributed by atoms with Crippen molar-refractivity contribution < 1.29 is 23.0 Å². The summed E-state index contributed by atoms with van der Waals surface area (Å²) in [5, 5.41) is 17.3. The Kier molecular flexibility index (Phi) is 6.98. The number of ether oxygens (including phenoxy) is 2. The Morgan fingerprint density at radius 3 is 2.68 bits per heavy atom. The van der Waals surface area contributed by atoms with E-state index in [0.29, 0.717) is 22.3 Å². The predicted octanol–water partition coefficient (Wildman–Crippen LogP) is 2.01. The summed E-state index contributed by atoms with van der Waals surface area (Å²) < 4.78 is 42.4. The van der Waals surface area contributed by atoms with Gasteiger partial charge in [-0.3, -0.25) is 9.29 Å². The lowest BCUT2D eigenvalue weighted by Crippen LogP contribution is -2.35. The van der Waals surface area contributed by atoms with E-state index >= 15 is 0 Å². The van der Waals surface area contributed by atoms with Crippen LogP contribution in [0.2, 0.25) is 5.02 Å². The zero-order chi connectivity index (χ0) is 24.5. The molecule has 0 bridgehead atoms. The second-order valence-electron chi connectivity index (χ2n) is 7.94. The molecule has 0 aromatic carbocycles. The number of nitrogens with one attached hydrogen (secondary N) is 1. The summed E-state index contributed by atoms with van der Waals surface area (Å²) in [7, 11) is -4.09. The van der Waals surface area contributed by atoms with Crippen LogP contribution in [0.5, 0.6) is 5.88 Å². The Bertz CT molecular complexity index is 1250. The number of halogens is 1. The molecule has 0 spiro atoms. The van der Waals surface area contributed by atoms with Crippen LogP contribution in [0.3, 0.4) is 0 Å². The summed E-state index contributed by atoms with van der Waals surface area (Å²) in [6.07, 6.45) is 3.04. The number of pyridine rings is 1. The minimum Gasteiger partial charge on any atom is -0.475 e. The summed E-state index contributed by atoms with van der Waals surface area (Å²) in [6, 6.07) is 2.79. The SMILES string of the molecule is CC(C)O[C@@H](c1ncc(Cl)cn1)[C@H](C)S(=O)(=O)Nc1nnc2n1[C@@H](CO)COc1ncccc1-2. The zero-order valence-electron chi connectivity index (χ0n) is 18.7. The molecule has 0 unspecified atom stereocenters. The van der Waals surface area contributed by atoms with Crippen molar-refractivity contribution in [2.24, 2.45) is 0 Å². The summed E-state index contributed by atoms with van der Waals surface area (Å²) in [5.74, 6) is 0.750. The Morgan fingerprint density at radius 2 is 2.00 bits per heavy atom. The van der Waals surface area contributed by atoms with Crippen LogP contribution in [-0.2, 0) is 14.8 Å². The minimum absolute atomic E-state index is 0.0491. The van der Waals surface area contributed by atoms with Crippen LogP contribution in [-0.4, -0.2) is 67.8 Å². The monoisotopic (exact) mass is 509 g/mol. The Morgan fingerprint density at radius 1 is 1.26 bits per heavy atom. The van der Waals surface area contributed by atoms with Gasteiger partial charge in [0.05, 0.1) is 29.3 Å². The zero-order valence-corrected chi connectivity index (χ0v) is 20.2. The van der Waals surface area contributed by atoms with Crippen molar-refractivity contribution in [3.8, 4) is 17.3 Å². The molecule has 0 fully saturated rings. The first-order valence-electron chi connectivity index (χ1n) is 10.5. The highest BCUT2D eigenvalue weighted by Crippen LogP contribution is 2.35. The average molecular weight is 510 g/mol. The van der Waals surface area contributed by atoms with Crippen molar-refractivity contribution in [1.29, 1.82) is 0 Å².